The third-order valence-electron chi connectivity index (χ3n) is 9.98. The average molecular weight is 561 g/mol. The predicted molar refractivity (Wildman–Crippen MR) is 170 cm³/mol. The molecular formula is C37H56N2O2. The van der Waals surface area contributed by atoms with Crippen molar-refractivity contribution in [1.29, 1.82) is 0 Å². The van der Waals surface area contributed by atoms with Gasteiger partial charge in [-0.1, -0.05) is 90.9 Å². The van der Waals surface area contributed by atoms with Gasteiger partial charge < -0.3 is 4.74 Å². The Bertz CT molecular complexity index is 987. The number of hydrogen-bond donors (Lipinski definition) is 0. The highest BCUT2D eigenvalue weighted by Gasteiger charge is 2.33. The summed E-state index contributed by atoms with van der Waals surface area (Å²) < 4.78 is 5.81. The van der Waals surface area contributed by atoms with Gasteiger partial charge >= 0.3 is 5.97 Å². The number of aromatic nitrogens is 2. The molecule has 0 bridgehead atoms. The molecule has 2 fully saturated rings. The van der Waals surface area contributed by atoms with Crippen molar-refractivity contribution in [3.63, 3.8) is 0 Å². The maximum atomic E-state index is 12.9. The van der Waals surface area contributed by atoms with Crippen LogP contribution in [0.15, 0.2) is 36.7 Å². The SMILES string of the molecule is CCCCCCCc1cnc(-c2ccc(OC(=O)C3CCC(C4CCC(CCCCCCC)CC4)CC3)cc2)nc1. The van der Waals surface area contributed by atoms with Crippen molar-refractivity contribution in [2.45, 2.75) is 142 Å². The van der Waals surface area contributed by atoms with E-state index >= 15 is 0 Å². The smallest absolute Gasteiger partial charge is 0.314 e. The highest BCUT2D eigenvalue weighted by Crippen LogP contribution is 2.42. The summed E-state index contributed by atoms with van der Waals surface area (Å²) in [5, 5.41) is 0. The van der Waals surface area contributed by atoms with Crippen LogP contribution in [0.2, 0.25) is 0 Å². The molecule has 226 valence electrons. The maximum Gasteiger partial charge on any atom is 0.314 e. The number of carbonyl (C=O) groups is 1. The molecule has 2 aromatic rings. The average Bonchev–Trinajstić information content (AvgIpc) is 3.02. The molecule has 41 heavy (non-hydrogen) atoms. The van der Waals surface area contributed by atoms with Gasteiger partial charge in [0.2, 0.25) is 0 Å². The van der Waals surface area contributed by atoms with Crippen LogP contribution in [0.1, 0.15) is 141 Å². The van der Waals surface area contributed by atoms with Crippen LogP contribution >= 0.6 is 0 Å². The summed E-state index contributed by atoms with van der Waals surface area (Å²) in [4.78, 5) is 22.1. The van der Waals surface area contributed by atoms with Crippen molar-refractivity contribution in [3.8, 4) is 17.1 Å². The zero-order chi connectivity index (χ0) is 28.7. The van der Waals surface area contributed by atoms with Crippen LogP contribution in [0, 0.1) is 23.7 Å². The third kappa shape index (κ3) is 10.5. The Morgan fingerprint density at radius 3 is 1.88 bits per heavy atom. The third-order valence-corrected chi connectivity index (χ3v) is 9.98. The van der Waals surface area contributed by atoms with E-state index in [0.29, 0.717) is 5.75 Å². The molecule has 1 aromatic heterocycles. The molecule has 2 aliphatic carbocycles. The summed E-state index contributed by atoms with van der Waals surface area (Å²) in [6.45, 7) is 4.54. The Labute approximate surface area is 250 Å². The lowest BCUT2D eigenvalue weighted by molar-refractivity contribution is -0.140. The van der Waals surface area contributed by atoms with E-state index in [2.05, 4.69) is 23.8 Å². The largest absolute Gasteiger partial charge is 0.426 e. The second-order valence-electron chi connectivity index (χ2n) is 13.1. The van der Waals surface area contributed by atoms with Crippen molar-refractivity contribution in [1.82, 2.24) is 9.97 Å². The molecule has 0 aliphatic heterocycles. The van der Waals surface area contributed by atoms with Crippen molar-refractivity contribution in [3.05, 3.63) is 42.2 Å². The Balaban J connectivity index is 1.14. The molecule has 2 aliphatic rings. The Kier molecular flexibility index (Phi) is 13.7. The van der Waals surface area contributed by atoms with Gasteiger partial charge in [0.05, 0.1) is 5.92 Å². The second kappa shape index (κ2) is 17.7. The van der Waals surface area contributed by atoms with E-state index in [1.807, 2.05) is 36.7 Å². The van der Waals surface area contributed by atoms with Crippen LogP contribution in [0.3, 0.4) is 0 Å². The number of benzene rings is 1. The molecule has 2 saturated carbocycles. The Morgan fingerprint density at radius 1 is 0.707 bits per heavy atom. The van der Waals surface area contributed by atoms with Crippen LogP contribution in [-0.4, -0.2) is 15.9 Å². The fourth-order valence-electron chi connectivity index (χ4n) is 7.25. The van der Waals surface area contributed by atoms with Gasteiger partial charge in [0.25, 0.3) is 0 Å². The normalized spacial score (nSPS) is 22.9. The molecule has 0 saturated heterocycles. The number of esters is 1. The van der Waals surface area contributed by atoms with Gasteiger partial charge in [-0.2, -0.15) is 0 Å². The van der Waals surface area contributed by atoms with Gasteiger partial charge in [0.1, 0.15) is 5.75 Å². The number of ether oxygens (including phenoxy) is 1. The van der Waals surface area contributed by atoms with E-state index in [1.54, 1.807) is 0 Å². The number of unbranched alkanes of at least 4 members (excludes halogenated alkanes) is 8. The van der Waals surface area contributed by atoms with Gasteiger partial charge in [0, 0.05) is 18.0 Å². The number of carbonyl (C=O) groups excluding carboxylic acids is 1. The number of aryl methyl sites for hydroxylation is 1. The van der Waals surface area contributed by atoms with E-state index in [4.69, 9.17) is 4.74 Å². The summed E-state index contributed by atoms with van der Waals surface area (Å²) in [7, 11) is 0. The molecule has 0 radical (unpaired) electrons. The van der Waals surface area contributed by atoms with Crippen molar-refractivity contribution in [2.75, 3.05) is 0 Å². The number of nitrogens with zero attached hydrogens (tertiary/aromatic N) is 2. The summed E-state index contributed by atoms with van der Waals surface area (Å²) >= 11 is 0. The van der Waals surface area contributed by atoms with Gasteiger partial charge in [-0.3, -0.25) is 4.79 Å². The zero-order valence-corrected chi connectivity index (χ0v) is 26.1. The summed E-state index contributed by atoms with van der Waals surface area (Å²) in [5.74, 6) is 4.01. The van der Waals surface area contributed by atoms with Crippen molar-refractivity contribution < 1.29 is 9.53 Å². The van der Waals surface area contributed by atoms with Crippen LogP contribution in [0.25, 0.3) is 11.4 Å². The molecule has 0 amide bonds. The molecule has 0 unspecified atom stereocenters. The number of rotatable bonds is 16. The quantitative estimate of drug-likeness (QED) is 0.116. The number of hydrogen-bond acceptors (Lipinski definition) is 4. The Hall–Kier alpha value is -2.23. The lowest BCUT2D eigenvalue weighted by Gasteiger charge is -2.37. The standard InChI is InChI=1S/C37H56N2O2/c1-3-5-7-9-11-13-29-15-17-31(18-16-29)32-19-21-34(22-20-32)37(40)41-35-25-23-33(24-26-35)36-38-27-30(28-39-36)14-12-10-8-6-4-2/h23-29,31-32,34H,3-22H2,1-2H3. The minimum Gasteiger partial charge on any atom is -0.426 e. The van der Waals surface area contributed by atoms with E-state index in [9.17, 15) is 4.79 Å². The molecule has 1 heterocycles. The molecule has 4 nitrogen and oxygen atoms in total. The highest BCUT2D eigenvalue weighted by molar-refractivity contribution is 5.75. The van der Waals surface area contributed by atoms with Gasteiger partial charge in [-0.15, -0.1) is 0 Å². The second-order valence-corrected chi connectivity index (χ2v) is 13.1. The fraction of sp³-hybridized carbons (Fsp3) is 0.703. The molecule has 0 atom stereocenters. The highest BCUT2D eigenvalue weighted by atomic mass is 16.5. The first kappa shape index (κ1) is 31.7. The first-order chi connectivity index (χ1) is 20.2. The lowest BCUT2D eigenvalue weighted by Crippen LogP contribution is -2.30. The monoisotopic (exact) mass is 560 g/mol. The first-order valence-electron chi connectivity index (χ1n) is 17.3. The van der Waals surface area contributed by atoms with Crippen LogP contribution in [0.4, 0.5) is 0 Å². The van der Waals surface area contributed by atoms with Crippen LogP contribution in [0.5, 0.6) is 5.75 Å². The molecule has 4 rings (SSSR count). The minimum absolute atomic E-state index is 0.0447. The molecule has 4 heteroatoms. The van der Waals surface area contributed by atoms with Gasteiger partial charge in [-0.05, 0) is 98.9 Å². The predicted octanol–water partition coefficient (Wildman–Crippen LogP) is 10.5. The van der Waals surface area contributed by atoms with E-state index in [-0.39, 0.29) is 11.9 Å². The van der Waals surface area contributed by atoms with Gasteiger partial charge in [0.15, 0.2) is 5.82 Å². The summed E-state index contributed by atoms with van der Waals surface area (Å²) in [6, 6.07) is 7.68. The van der Waals surface area contributed by atoms with Crippen LogP contribution < -0.4 is 4.74 Å². The first-order valence-corrected chi connectivity index (χ1v) is 17.3. The summed E-state index contributed by atoms with van der Waals surface area (Å²) in [5.41, 5.74) is 2.15. The molecule has 1 aromatic carbocycles. The van der Waals surface area contributed by atoms with E-state index in [0.717, 1.165) is 48.4 Å². The zero-order valence-electron chi connectivity index (χ0n) is 26.1. The fourth-order valence-corrected chi connectivity index (χ4v) is 7.25. The molecule has 0 spiro atoms. The molecule has 0 N–H and O–H groups in total. The Morgan fingerprint density at radius 2 is 1.27 bits per heavy atom. The molecular weight excluding hydrogens is 504 g/mol. The van der Waals surface area contributed by atoms with Crippen molar-refractivity contribution in [2.24, 2.45) is 23.7 Å². The van der Waals surface area contributed by atoms with Crippen molar-refractivity contribution >= 4 is 5.97 Å². The van der Waals surface area contributed by atoms with Gasteiger partial charge in [-0.25, -0.2) is 9.97 Å². The van der Waals surface area contributed by atoms with Crippen LogP contribution in [-0.2, 0) is 11.2 Å². The topological polar surface area (TPSA) is 52.1 Å². The van der Waals surface area contributed by atoms with E-state index < -0.39 is 0 Å². The minimum atomic E-state index is -0.0532. The summed E-state index contributed by atoms with van der Waals surface area (Å²) in [6.07, 6.45) is 29.9. The van der Waals surface area contributed by atoms with E-state index in [1.165, 1.54) is 115 Å². The lowest BCUT2D eigenvalue weighted by atomic mass is 9.68. The maximum absolute atomic E-state index is 12.9.